The van der Waals surface area contributed by atoms with Gasteiger partial charge in [0.15, 0.2) is 11.6 Å². The lowest BCUT2D eigenvalue weighted by Gasteiger charge is -2.47. The van der Waals surface area contributed by atoms with Crippen LogP contribution in [0.4, 0.5) is 24.9 Å². The summed E-state index contributed by atoms with van der Waals surface area (Å²) >= 11 is 6.79. The number of nitrogens with one attached hydrogen (secondary N) is 3. The molecule has 3 aromatic rings. The Hall–Kier alpha value is -2.96. The van der Waals surface area contributed by atoms with Crippen LogP contribution in [0.3, 0.4) is 0 Å². The summed E-state index contributed by atoms with van der Waals surface area (Å²) in [6.45, 7) is 0.567. The number of hydrazine groups is 1. The summed E-state index contributed by atoms with van der Waals surface area (Å²) in [5, 5.41) is 6.13. The Morgan fingerprint density at radius 1 is 1.28 bits per heavy atom. The van der Waals surface area contributed by atoms with Gasteiger partial charge < -0.3 is 10.2 Å². The number of carbonyl (C=O) groups is 1. The van der Waals surface area contributed by atoms with E-state index in [4.69, 9.17) is 11.6 Å². The van der Waals surface area contributed by atoms with E-state index in [9.17, 15) is 13.6 Å². The van der Waals surface area contributed by atoms with Crippen molar-refractivity contribution in [1.29, 1.82) is 0 Å². The van der Waals surface area contributed by atoms with Gasteiger partial charge in [-0.2, -0.15) is 5.10 Å². The van der Waals surface area contributed by atoms with Crippen LogP contribution in [0.5, 0.6) is 0 Å². The van der Waals surface area contributed by atoms with Crippen molar-refractivity contribution in [2.75, 3.05) is 23.8 Å². The molecule has 0 aromatic carbocycles. The Labute approximate surface area is 209 Å². The molecule has 1 amide bonds. The van der Waals surface area contributed by atoms with Crippen molar-refractivity contribution >= 4 is 34.8 Å². The minimum absolute atomic E-state index is 0.0618. The fraction of sp³-hybridized carbons (Fsp3) is 0.478. The van der Waals surface area contributed by atoms with E-state index in [0.29, 0.717) is 17.9 Å². The van der Waals surface area contributed by atoms with Gasteiger partial charge in [0.25, 0.3) is 0 Å². The maximum atomic E-state index is 15.9. The lowest BCUT2D eigenvalue weighted by Crippen LogP contribution is -2.62. The monoisotopic (exact) mass is 520 g/mol. The van der Waals surface area contributed by atoms with Crippen molar-refractivity contribution in [3.05, 3.63) is 48.2 Å². The standard InChI is InChI=1S/C23H24ClF3N8O/c1-34(23-28-7-11(25)8-29-23)21-19(27)18(24)17(14-9-30-32-20(14)21)10-2-3-35-12(4-10)5-16(33-35)31-22(36)13-6-15(13)26/h2-5,7-8,13-15,17-21,30,32H,6,9H2,1H3,(H,31,33,36)/t13-,14?,15+,17?,18?,19?,20?,21?/m1/s1. The average Bonchev–Trinajstić information content (AvgIpc) is 3.22. The molecule has 13 heteroatoms. The molecule has 9 nitrogen and oxygen atoms in total. The molecule has 3 fully saturated rings. The van der Waals surface area contributed by atoms with E-state index in [1.807, 2.05) is 12.1 Å². The quantitative estimate of drug-likeness (QED) is 0.444. The zero-order valence-electron chi connectivity index (χ0n) is 19.2. The van der Waals surface area contributed by atoms with Crippen LogP contribution >= 0.6 is 11.6 Å². The molecule has 2 saturated carbocycles. The number of fused-ring (bicyclic) bond motifs is 2. The molecule has 0 spiro atoms. The van der Waals surface area contributed by atoms with Gasteiger partial charge in [0.05, 0.1) is 35.2 Å². The molecule has 3 aromatic heterocycles. The fourth-order valence-corrected chi connectivity index (χ4v) is 5.96. The average molecular weight is 521 g/mol. The topological polar surface area (TPSA) is 99.5 Å². The third-order valence-corrected chi connectivity index (χ3v) is 7.92. The highest BCUT2D eigenvalue weighted by Gasteiger charge is 2.54. The molecule has 8 atom stereocenters. The third-order valence-electron chi connectivity index (χ3n) is 7.41. The molecule has 0 radical (unpaired) electrons. The van der Waals surface area contributed by atoms with Gasteiger partial charge in [-0.1, -0.05) is 0 Å². The van der Waals surface area contributed by atoms with Crippen molar-refractivity contribution in [1.82, 2.24) is 30.4 Å². The normalized spacial score (nSPS) is 33.4. The summed E-state index contributed by atoms with van der Waals surface area (Å²) in [6, 6.07) is 4.42. The zero-order chi connectivity index (χ0) is 25.1. The Balaban J connectivity index is 1.27. The van der Waals surface area contributed by atoms with Crippen LogP contribution < -0.4 is 21.1 Å². The molecule has 190 valence electrons. The van der Waals surface area contributed by atoms with E-state index in [1.54, 1.807) is 28.7 Å². The number of anilines is 2. The van der Waals surface area contributed by atoms with E-state index >= 15 is 4.39 Å². The number of alkyl halides is 3. The molecule has 3 N–H and O–H groups in total. The zero-order valence-corrected chi connectivity index (χ0v) is 19.9. The van der Waals surface area contributed by atoms with Gasteiger partial charge in [0.1, 0.15) is 12.3 Å². The van der Waals surface area contributed by atoms with Gasteiger partial charge in [-0.05, 0) is 30.0 Å². The Morgan fingerprint density at radius 3 is 2.75 bits per heavy atom. The van der Waals surface area contributed by atoms with Crippen LogP contribution in [0.2, 0.25) is 0 Å². The van der Waals surface area contributed by atoms with Crippen molar-refractivity contribution in [2.45, 2.75) is 42.1 Å². The third kappa shape index (κ3) is 3.97. The number of hydrogen-bond donors (Lipinski definition) is 3. The predicted octanol–water partition coefficient (Wildman–Crippen LogP) is 2.20. The van der Waals surface area contributed by atoms with Crippen LogP contribution in [0.1, 0.15) is 17.9 Å². The summed E-state index contributed by atoms with van der Waals surface area (Å²) in [7, 11) is 1.67. The minimum atomic E-state index is -1.45. The largest absolute Gasteiger partial charge is 0.336 e. The van der Waals surface area contributed by atoms with Crippen LogP contribution in [0, 0.1) is 17.7 Å². The van der Waals surface area contributed by atoms with E-state index in [1.165, 1.54) is 0 Å². The maximum absolute atomic E-state index is 15.9. The number of carbonyl (C=O) groups excluding carboxylic acids is 1. The molecule has 1 aliphatic heterocycles. The van der Waals surface area contributed by atoms with Crippen LogP contribution in [0.25, 0.3) is 5.52 Å². The second-order valence-corrected chi connectivity index (χ2v) is 10.1. The summed E-state index contributed by atoms with van der Waals surface area (Å²) in [5.41, 5.74) is 7.86. The van der Waals surface area contributed by atoms with Gasteiger partial charge in [0, 0.05) is 37.8 Å². The summed E-state index contributed by atoms with van der Waals surface area (Å²) < 4.78 is 44.0. The number of pyridine rings is 1. The van der Waals surface area contributed by atoms with E-state index in [2.05, 4.69) is 31.2 Å². The first-order valence-corrected chi connectivity index (χ1v) is 12.2. The Kier molecular flexibility index (Phi) is 5.77. The lowest BCUT2D eigenvalue weighted by molar-refractivity contribution is -0.117. The molecule has 6 rings (SSSR count). The molecular weight excluding hydrogens is 497 g/mol. The maximum Gasteiger partial charge on any atom is 0.231 e. The molecule has 1 saturated heterocycles. The van der Waals surface area contributed by atoms with Gasteiger partial charge >= 0.3 is 0 Å². The van der Waals surface area contributed by atoms with Crippen molar-refractivity contribution < 1.29 is 18.0 Å². The van der Waals surface area contributed by atoms with E-state index < -0.39 is 35.5 Å². The predicted molar refractivity (Wildman–Crippen MR) is 127 cm³/mol. The molecule has 2 aliphatic carbocycles. The van der Waals surface area contributed by atoms with Crippen LogP contribution in [0.15, 0.2) is 36.8 Å². The SMILES string of the molecule is CN(c1ncc(F)cn1)C1C(F)C(Cl)C(c2ccn3nc(NC(=O)[C@@H]4C[C@@H]4F)cc3c2)C2CNNC21. The first-order chi connectivity index (χ1) is 17.3. The summed E-state index contributed by atoms with van der Waals surface area (Å²) in [6.07, 6.45) is 1.53. The number of amides is 1. The minimum Gasteiger partial charge on any atom is -0.336 e. The van der Waals surface area contributed by atoms with Crippen molar-refractivity contribution in [2.24, 2.45) is 11.8 Å². The fourth-order valence-electron chi connectivity index (χ4n) is 5.48. The molecule has 4 heterocycles. The summed E-state index contributed by atoms with van der Waals surface area (Å²) in [4.78, 5) is 21.7. The highest BCUT2D eigenvalue weighted by atomic mass is 35.5. The van der Waals surface area contributed by atoms with Crippen LogP contribution in [-0.2, 0) is 4.79 Å². The lowest BCUT2D eigenvalue weighted by atomic mass is 9.70. The number of halogens is 4. The molecule has 36 heavy (non-hydrogen) atoms. The van der Waals surface area contributed by atoms with Gasteiger partial charge in [-0.15, -0.1) is 11.6 Å². The summed E-state index contributed by atoms with van der Waals surface area (Å²) in [5.74, 6) is -1.42. The smallest absolute Gasteiger partial charge is 0.231 e. The number of nitrogens with zero attached hydrogens (tertiary/aromatic N) is 5. The van der Waals surface area contributed by atoms with E-state index in [0.717, 1.165) is 18.0 Å². The Morgan fingerprint density at radius 2 is 2.03 bits per heavy atom. The van der Waals surface area contributed by atoms with Crippen molar-refractivity contribution in [3.63, 3.8) is 0 Å². The number of aromatic nitrogens is 4. The van der Waals surface area contributed by atoms with Gasteiger partial charge in [-0.3, -0.25) is 15.6 Å². The molecule has 6 unspecified atom stereocenters. The molecule has 0 bridgehead atoms. The number of hydrogen-bond acceptors (Lipinski definition) is 7. The highest BCUT2D eigenvalue weighted by Crippen LogP contribution is 2.45. The van der Waals surface area contributed by atoms with Crippen LogP contribution in [-0.4, -0.2) is 68.9 Å². The second kappa shape index (κ2) is 8.86. The number of rotatable bonds is 5. The molecular formula is C23H24ClF3N8O. The first-order valence-electron chi connectivity index (χ1n) is 11.7. The molecule has 3 aliphatic rings. The van der Waals surface area contributed by atoms with Crippen molar-refractivity contribution in [3.8, 4) is 0 Å². The van der Waals surface area contributed by atoms with E-state index in [-0.39, 0.29) is 36.2 Å². The first kappa shape index (κ1) is 23.4. The second-order valence-electron chi connectivity index (χ2n) is 9.64. The highest BCUT2D eigenvalue weighted by molar-refractivity contribution is 6.21. The Bertz CT molecular complexity index is 1290. The van der Waals surface area contributed by atoms with Gasteiger partial charge in [0.2, 0.25) is 11.9 Å². The number of likely N-dealkylation sites (N-methyl/N-ethyl adjacent to an activating group) is 1. The van der Waals surface area contributed by atoms with Gasteiger partial charge in [-0.25, -0.2) is 27.7 Å².